The lowest BCUT2D eigenvalue weighted by molar-refractivity contribution is 0.102. The van der Waals surface area contributed by atoms with Crippen LogP contribution < -0.4 is 15.8 Å². The van der Waals surface area contributed by atoms with Crippen molar-refractivity contribution in [1.82, 2.24) is 14.4 Å². The molecule has 0 atom stereocenters. The molecule has 0 aliphatic heterocycles. The Morgan fingerprint density at radius 1 is 1.16 bits per heavy atom. The number of carbonyl (C=O) groups is 1. The maximum Gasteiger partial charge on any atom is 0.275 e. The van der Waals surface area contributed by atoms with Gasteiger partial charge < -0.3 is 15.8 Å². The van der Waals surface area contributed by atoms with Crippen molar-refractivity contribution in [3.63, 3.8) is 0 Å². The van der Waals surface area contributed by atoms with E-state index in [4.69, 9.17) is 10.5 Å². The summed E-state index contributed by atoms with van der Waals surface area (Å²) in [6.45, 7) is 0. The average molecular weight is 333 g/mol. The number of benzene rings is 2. The van der Waals surface area contributed by atoms with Crippen molar-refractivity contribution >= 4 is 34.1 Å². The Morgan fingerprint density at radius 2 is 2.00 bits per heavy atom. The maximum absolute atomic E-state index is 12.6. The quantitative estimate of drug-likeness (QED) is 0.601. The van der Waals surface area contributed by atoms with Crippen LogP contribution in [0.25, 0.3) is 16.7 Å². The van der Waals surface area contributed by atoms with Crippen molar-refractivity contribution in [2.45, 2.75) is 0 Å². The van der Waals surface area contributed by atoms with E-state index in [0.29, 0.717) is 17.1 Å². The lowest BCUT2D eigenvalue weighted by atomic mass is 10.3. The zero-order chi connectivity index (χ0) is 17.4. The second-order valence-electron chi connectivity index (χ2n) is 5.49. The SMILES string of the molecule is COc1cccc(NC(=O)c2cn3c(nc4ccccc43)c(N)n2)c1. The van der Waals surface area contributed by atoms with Crippen molar-refractivity contribution in [3.05, 3.63) is 60.4 Å². The monoisotopic (exact) mass is 333 g/mol. The highest BCUT2D eigenvalue weighted by Crippen LogP contribution is 2.21. The van der Waals surface area contributed by atoms with Crippen molar-refractivity contribution in [1.29, 1.82) is 0 Å². The molecular formula is C18H15N5O2. The number of imidazole rings is 1. The third kappa shape index (κ3) is 2.61. The minimum atomic E-state index is -0.361. The molecule has 4 rings (SSSR count). The van der Waals surface area contributed by atoms with Gasteiger partial charge in [0.1, 0.15) is 11.4 Å². The second kappa shape index (κ2) is 5.79. The van der Waals surface area contributed by atoms with Gasteiger partial charge in [-0.15, -0.1) is 0 Å². The molecule has 2 heterocycles. The molecule has 0 spiro atoms. The molecule has 4 aromatic rings. The maximum atomic E-state index is 12.6. The number of anilines is 2. The molecule has 0 saturated heterocycles. The summed E-state index contributed by atoms with van der Waals surface area (Å²) in [6.07, 6.45) is 1.64. The van der Waals surface area contributed by atoms with Gasteiger partial charge >= 0.3 is 0 Å². The largest absolute Gasteiger partial charge is 0.497 e. The summed E-state index contributed by atoms with van der Waals surface area (Å²) in [4.78, 5) is 21.2. The molecule has 0 unspecified atom stereocenters. The molecule has 0 aliphatic carbocycles. The van der Waals surface area contributed by atoms with Crippen LogP contribution >= 0.6 is 0 Å². The van der Waals surface area contributed by atoms with E-state index in [2.05, 4.69) is 15.3 Å². The summed E-state index contributed by atoms with van der Waals surface area (Å²) in [5.74, 6) is 0.496. The Labute approximate surface area is 143 Å². The number of methoxy groups -OCH3 is 1. The topological polar surface area (TPSA) is 94.5 Å². The molecule has 0 aliphatic rings. The van der Waals surface area contributed by atoms with Gasteiger partial charge in [-0.1, -0.05) is 18.2 Å². The summed E-state index contributed by atoms with van der Waals surface area (Å²) in [5, 5.41) is 2.79. The molecule has 124 valence electrons. The number of nitrogen functional groups attached to an aromatic ring is 1. The van der Waals surface area contributed by atoms with Crippen LogP contribution in [-0.4, -0.2) is 27.4 Å². The molecule has 3 N–H and O–H groups in total. The highest BCUT2D eigenvalue weighted by molar-refractivity contribution is 6.03. The number of amides is 1. The van der Waals surface area contributed by atoms with Crippen LogP contribution in [0.4, 0.5) is 11.5 Å². The van der Waals surface area contributed by atoms with E-state index in [1.807, 2.05) is 24.3 Å². The molecule has 2 aromatic carbocycles. The fourth-order valence-electron chi connectivity index (χ4n) is 2.69. The predicted molar refractivity (Wildman–Crippen MR) is 95.9 cm³/mol. The van der Waals surface area contributed by atoms with Gasteiger partial charge in [-0.05, 0) is 24.3 Å². The Balaban J connectivity index is 1.75. The van der Waals surface area contributed by atoms with Crippen LogP contribution in [-0.2, 0) is 0 Å². The molecule has 0 bridgehead atoms. The Kier molecular flexibility index (Phi) is 3.46. The van der Waals surface area contributed by atoms with E-state index in [9.17, 15) is 4.79 Å². The number of carbonyl (C=O) groups excluding carboxylic acids is 1. The lowest BCUT2D eigenvalue weighted by Gasteiger charge is -2.08. The van der Waals surface area contributed by atoms with Crippen LogP contribution in [0.15, 0.2) is 54.7 Å². The highest BCUT2D eigenvalue weighted by Gasteiger charge is 2.14. The average Bonchev–Trinajstić information content (AvgIpc) is 3.01. The van der Waals surface area contributed by atoms with Crippen LogP contribution in [0.5, 0.6) is 5.75 Å². The van der Waals surface area contributed by atoms with Gasteiger partial charge in [-0.2, -0.15) is 0 Å². The van der Waals surface area contributed by atoms with Gasteiger partial charge in [0, 0.05) is 18.0 Å². The minimum Gasteiger partial charge on any atom is -0.497 e. The molecule has 0 saturated carbocycles. The van der Waals surface area contributed by atoms with Crippen molar-refractivity contribution in [2.24, 2.45) is 0 Å². The molecule has 7 heteroatoms. The van der Waals surface area contributed by atoms with Crippen LogP contribution in [0, 0.1) is 0 Å². The van der Waals surface area contributed by atoms with Gasteiger partial charge in [0.2, 0.25) is 0 Å². The zero-order valence-corrected chi connectivity index (χ0v) is 13.4. The summed E-state index contributed by atoms with van der Waals surface area (Å²) < 4.78 is 6.93. The van der Waals surface area contributed by atoms with E-state index in [0.717, 1.165) is 11.0 Å². The van der Waals surface area contributed by atoms with Gasteiger partial charge in [-0.25, -0.2) is 9.97 Å². The van der Waals surface area contributed by atoms with Crippen molar-refractivity contribution in [3.8, 4) is 5.75 Å². The molecule has 1 amide bonds. The minimum absolute atomic E-state index is 0.203. The number of hydrogen-bond donors (Lipinski definition) is 2. The van der Waals surface area contributed by atoms with Gasteiger partial charge in [-0.3, -0.25) is 9.20 Å². The predicted octanol–water partition coefficient (Wildman–Crippen LogP) is 2.73. The summed E-state index contributed by atoms with van der Waals surface area (Å²) in [7, 11) is 1.57. The van der Waals surface area contributed by atoms with Crippen molar-refractivity contribution in [2.75, 3.05) is 18.2 Å². The molecular weight excluding hydrogens is 318 g/mol. The van der Waals surface area contributed by atoms with Crippen LogP contribution in [0.2, 0.25) is 0 Å². The molecule has 2 aromatic heterocycles. The first-order valence-electron chi connectivity index (χ1n) is 7.64. The van der Waals surface area contributed by atoms with E-state index >= 15 is 0 Å². The number of aromatic nitrogens is 3. The Morgan fingerprint density at radius 3 is 2.84 bits per heavy atom. The van der Waals surface area contributed by atoms with Gasteiger partial charge in [0.05, 0.1) is 18.1 Å². The number of ether oxygens (including phenoxy) is 1. The normalized spacial score (nSPS) is 10.9. The first-order valence-corrected chi connectivity index (χ1v) is 7.64. The van der Waals surface area contributed by atoms with Crippen LogP contribution in [0.1, 0.15) is 10.5 Å². The van der Waals surface area contributed by atoms with Crippen LogP contribution in [0.3, 0.4) is 0 Å². The standard InChI is InChI=1S/C18H15N5O2/c1-25-12-6-4-5-11(9-12)20-18(24)14-10-23-15-8-3-2-7-13(15)22-17(23)16(19)21-14/h2-10H,1H3,(H2,19,21)(H,20,24). The van der Waals surface area contributed by atoms with E-state index in [1.54, 1.807) is 42.0 Å². The fourth-order valence-corrected chi connectivity index (χ4v) is 2.69. The van der Waals surface area contributed by atoms with Gasteiger partial charge in [0.15, 0.2) is 11.5 Å². The number of nitrogens with two attached hydrogens (primary N) is 1. The second-order valence-corrected chi connectivity index (χ2v) is 5.49. The summed E-state index contributed by atoms with van der Waals surface area (Å²) in [5.41, 5.74) is 9.00. The smallest absolute Gasteiger partial charge is 0.275 e. The number of nitrogens with zero attached hydrogens (tertiary/aromatic N) is 3. The summed E-state index contributed by atoms with van der Waals surface area (Å²) in [6, 6.07) is 14.7. The number of para-hydroxylation sites is 2. The first kappa shape index (κ1) is 14.9. The van der Waals surface area contributed by atoms with E-state index in [1.165, 1.54) is 0 Å². The van der Waals surface area contributed by atoms with Gasteiger partial charge in [0.25, 0.3) is 5.91 Å². The molecule has 7 nitrogen and oxygen atoms in total. The number of rotatable bonds is 3. The molecule has 25 heavy (non-hydrogen) atoms. The molecule has 0 radical (unpaired) electrons. The first-order chi connectivity index (χ1) is 12.2. The Bertz CT molecular complexity index is 1100. The summed E-state index contributed by atoms with van der Waals surface area (Å²) >= 11 is 0. The lowest BCUT2D eigenvalue weighted by Crippen LogP contribution is -2.16. The number of fused-ring (bicyclic) bond motifs is 3. The zero-order valence-electron chi connectivity index (χ0n) is 13.4. The number of hydrogen-bond acceptors (Lipinski definition) is 5. The van der Waals surface area contributed by atoms with Crippen molar-refractivity contribution < 1.29 is 9.53 Å². The number of nitrogens with one attached hydrogen (secondary N) is 1. The van der Waals surface area contributed by atoms with E-state index < -0.39 is 0 Å². The molecule has 0 fully saturated rings. The third-order valence-corrected chi connectivity index (χ3v) is 3.88. The highest BCUT2D eigenvalue weighted by atomic mass is 16.5. The Hall–Kier alpha value is -3.61. The fraction of sp³-hybridized carbons (Fsp3) is 0.0556. The third-order valence-electron chi connectivity index (χ3n) is 3.88. The van der Waals surface area contributed by atoms with E-state index in [-0.39, 0.29) is 17.4 Å².